The van der Waals surface area contributed by atoms with Crippen molar-refractivity contribution in [1.82, 2.24) is 15.3 Å². The van der Waals surface area contributed by atoms with Gasteiger partial charge in [0.15, 0.2) is 0 Å². The average Bonchev–Trinajstić information content (AvgIpc) is 3.23. The van der Waals surface area contributed by atoms with E-state index in [0.29, 0.717) is 12.2 Å². The first kappa shape index (κ1) is 16.1. The number of fused-ring (bicyclic) bond motifs is 1. The quantitative estimate of drug-likeness (QED) is 0.752. The number of carbonyl (C=O) groups excluding carboxylic acids is 1. The summed E-state index contributed by atoms with van der Waals surface area (Å²) in [5.74, 6) is 0.499. The number of aryl methyl sites for hydroxylation is 1. The summed E-state index contributed by atoms with van der Waals surface area (Å²) in [6.07, 6.45) is -0.653. The molecule has 3 heterocycles. The van der Waals surface area contributed by atoms with E-state index in [1.807, 2.05) is 30.5 Å². The molecule has 7 heteroatoms. The minimum atomic E-state index is -0.653. The molecule has 0 aliphatic carbocycles. The van der Waals surface area contributed by atoms with Gasteiger partial charge in [0.2, 0.25) is 0 Å². The smallest absolute Gasteiger partial charge is 0.251 e. The van der Waals surface area contributed by atoms with Gasteiger partial charge in [-0.15, -0.1) is 11.3 Å². The molecular weight excluding hydrogens is 338 g/mol. The lowest BCUT2D eigenvalue weighted by Crippen LogP contribution is -2.42. The van der Waals surface area contributed by atoms with E-state index in [1.165, 1.54) is 0 Å². The Hall–Kier alpha value is -2.35. The Bertz CT molecular complexity index is 923. The number of benzene rings is 1. The van der Waals surface area contributed by atoms with Crippen molar-refractivity contribution in [3.8, 4) is 11.3 Å². The summed E-state index contributed by atoms with van der Waals surface area (Å²) in [5, 5.41) is 14.5. The van der Waals surface area contributed by atoms with Crippen LogP contribution in [0.3, 0.4) is 0 Å². The lowest BCUT2D eigenvalue weighted by molar-refractivity contribution is 0.0886. The molecule has 1 aliphatic heterocycles. The second-order valence-electron chi connectivity index (χ2n) is 6.02. The standard InChI is InChI=1S/C18H17N3O3S/c1-10-19-13-6-7-25-17(13)16(20-10)11-2-4-12(5-3-11)18(23)21-14-8-24-9-15(14)22/h2-7,14-15,22H,8-9H2,1H3,(H,21,23)/t14-,15+/m0/s1. The molecule has 1 aromatic carbocycles. The largest absolute Gasteiger partial charge is 0.388 e. The summed E-state index contributed by atoms with van der Waals surface area (Å²) in [6.45, 7) is 2.47. The third-order valence-electron chi connectivity index (χ3n) is 4.20. The van der Waals surface area contributed by atoms with Gasteiger partial charge in [-0.05, 0) is 30.5 Å². The number of hydrogen-bond donors (Lipinski definition) is 2. The molecule has 0 radical (unpaired) electrons. The van der Waals surface area contributed by atoms with Gasteiger partial charge >= 0.3 is 0 Å². The van der Waals surface area contributed by atoms with Gasteiger partial charge in [0.05, 0.1) is 41.3 Å². The predicted octanol–water partition coefficient (Wildman–Crippen LogP) is 2.16. The number of thiophene rings is 1. The Morgan fingerprint density at radius 2 is 2.04 bits per heavy atom. The van der Waals surface area contributed by atoms with Crippen molar-refractivity contribution in [3.63, 3.8) is 0 Å². The highest BCUT2D eigenvalue weighted by Crippen LogP contribution is 2.30. The molecule has 6 nitrogen and oxygen atoms in total. The van der Waals surface area contributed by atoms with Crippen LogP contribution in [0.1, 0.15) is 16.2 Å². The Labute approximate surface area is 148 Å². The second kappa shape index (κ2) is 6.51. The molecule has 1 saturated heterocycles. The molecule has 2 aromatic heterocycles. The highest BCUT2D eigenvalue weighted by atomic mass is 32.1. The SMILES string of the molecule is Cc1nc(-c2ccc(C(=O)N[C@H]3COC[C@H]3O)cc2)c2sccc2n1. The molecule has 1 amide bonds. The lowest BCUT2D eigenvalue weighted by Gasteiger charge is -2.14. The Morgan fingerprint density at radius 3 is 2.76 bits per heavy atom. The maximum absolute atomic E-state index is 12.3. The number of amides is 1. The lowest BCUT2D eigenvalue weighted by atomic mass is 10.1. The molecule has 0 spiro atoms. The molecule has 25 heavy (non-hydrogen) atoms. The van der Waals surface area contributed by atoms with Crippen molar-refractivity contribution in [3.05, 3.63) is 47.1 Å². The van der Waals surface area contributed by atoms with Gasteiger partial charge in [0, 0.05) is 11.1 Å². The fourth-order valence-corrected chi connectivity index (χ4v) is 3.73. The van der Waals surface area contributed by atoms with Gasteiger partial charge in [-0.3, -0.25) is 4.79 Å². The molecule has 0 bridgehead atoms. The Kier molecular flexibility index (Phi) is 4.20. The first-order chi connectivity index (χ1) is 12.1. The fourth-order valence-electron chi connectivity index (χ4n) is 2.89. The van der Waals surface area contributed by atoms with E-state index in [4.69, 9.17) is 4.74 Å². The van der Waals surface area contributed by atoms with Crippen LogP contribution in [0.15, 0.2) is 35.7 Å². The van der Waals surface area contributed by atoms with Crippen LogP contribution in [0.25, 0.3) is 21.5 Å². The van der Waals surface area contributed by atoms with Crippen molar-refractivity contribution in [2.75, 3.05) is 13.2 Å². The van der Waals surface area contributed by atoms with Gasteiger partial charge in [-0.2, -0.15) is 0 Å². The summed E-state index contributed by atoms with van der Waals surface area (Å²) >= 11 is 1.60. The summed E-state index contributed by atoms with van der Waals surface area (Å²) in [7, 11) is 0. The molecule has 1 aliphatic rings. The van der Waals surface area contributed by atoms with E-state index in [0.717, 1.165) is 27.3 Å². The van der Waals surface area contributed by atoms with E-state index >= 15 is 0 Å². The molecule has 4 rings (SSSR count). The van der Waals surface area contributed by atoms with E-state index in [1.54, 1.807) is 23.5 Å². The minimum Gasteiger partial charge on any atom is -0.388 e. The van der Waals surface area contributed by atoms with Gasteiger partial charge in [-0.1, -0.05) is 12.1 Å². The summed E-state index contributed by atoms with van der Waals surface area (Å²) < 4.78 is 6.19. The van der Waals surface area contributed by atoms with E-state index in [-0.39, 0.29) is 18.6 Å². The Balaban J connectivity index is 1.59. The second-order valence-corrected chi connectivity index (χ2v) is 6.93. The molecule has 1 fully saturated rings. The van der Waals surface area contributed by atoms with Gasteiger partial charge < -0.3 is 15.2 Å². The van der Waals surface area contributed by atoms with Crippen LogP contribution < -0.4 is 5.32 Å². The molecule has 2 N–H and O–H groups in total. The van der Waals surface area contributed by atoms with Gasteiger partial charge in [0.1, 0.15) is 5.82 Å². The van der Waals surface area contributed by atoms with E-state index < -0.39 is 6.10 Å². The zero-order valence-electron chi connectivity index (χ0n) is 13.6. The van der Waals surface area contributed by atoms with Crippen LogP contribution in [0.5, 0.6) is 0 Å². The monoisotopic (exact) mass is 355 g/mol. The maximum Gasteiger partial charge on any atom is 0.251 e. The summed E-state index contributed by atoms with van der Waals surface area (Å²) in [5.41, 5.74) is 3.29. The molecule has 0 saturated carbocycles. The third kappa shape index (κ3) is 3.13. The molecule has 2 atom stereocenters. The normalized spacial score (nSPS) is 20.1. The van der Waals surface area contributed by atoms with Crippen molar-refractivity contribution in [2.45, 2.75) is 19.1 Å². The van der Waals surface area contributed by atoms with Crippen molar-refractivity contribution in [2.24, 2.45) is 0 Å². The van der Waals surface area contributed by atoms with Crippen LogP contribution in [-0.4, -0.2) is 46.3 Å². The predicted molar refractivity (Wildman–Crippen MR) is 95.7 cm³/mol. The number of aliphatic hydroxyl groups is 1. The number of nitrogens with one attached hydrogen (secondary N) is 1. The highest BCUT2D eigenvalue weighted by molar-refractivity contribution is 7.17. The van der Waals surface area contributed by atoms with Crippen LogP contribution in [0.4, 0.5) is 0 Å². The number of carbonyl (C=O) groups is 1. The fraction of sp³-hybridized carbons (Fsp3) is 0.278. The van der Waals surface area contributed by atoms with Crippen LogP contribution in [0.2, 0.25) is 0 Å². The first-order valence-electron chi connectivity index (χ1n) is 8.01. The van der Waals surface area contributed by atoms with Crippen molar-refractivity contribution >= 4 is 27.5 Å². The third-order valence-corrected chi connectivity index (χ3v) is 5.11. The average molecular weight is 355 g/mol. The number of aromatic nitrogens is 2. The number of hydrogen-bond acceptors (Lipinski definition) is 6. The maximum atomic E-state index is 12.3. The van der Waals surface area contributed by atoms with Crippen LogP contribution in [-0.2, 0) is 4.74 Å². The molecule has 0 unspecified atom stereocenters. The number of nitrogens with zero attached hydrogens (tertiary/aromatic N) is 2. The molecule has 128 valence electrons. The van der Waals surface area contributed by atoms with Crippen LogP contribution in [0, 0.1) is 6.92 Å². The van der Waals surface area contributed by atoms with Gasteiger partial charge in [0.25, 0.3) is 5.91 Å². The summed E-state index contributed by atoms with van der Waals surface area (Å²) in [4.78, 5) is 21.3. The highest BCUT2D eigenvalue weighted by Gasteiger charge is 2.27. The van der Waals surface area contributed by atoms with Gasteiger partial charge in [-0.25, -0.2) is 9.97 Å². The summed E-state index contributed by atoms with van der Waals surface area (Å²) in [6, 6.07) is 8.93. The zero-order chi connectivity index (χ0) is 17.4. The number of aliphatic hydroxyl groups excluding tert-OH is 1. The van der Waals surface area contributed by atoms with E-state index in [9.17, 15) is 9.90 Å². The van der Waals surface area contributed by atoms with E-state index in [2.05, 4.69) is 15.3 Å². The number of rotatable bonds is 3. The molecule has 3 aromatic rings. The zero-order valence-corrected chi connectivity index (χ0v) is 14.4. The minimum absolute atomic E-state index is 0.221. The van der Waals surface area contributed by atoms with Crippen molar-refractivity contribution < 1.29 is 14.6 Å². The van der Waals surface area contributed by atoms with Crippen molar-refractivity contribution in [1.29, 1.82) is 0 Å². The molecular formula is C18H17N3O3S. The Morgan fingerprint density at radius 1 is 1.24 bits per heavy atom. The first-order valence-corrected chi connectivity index (χ1v) is 8.89. The van der Waals surface area contributed by atoms with Crippen LogP contribution >= 0.6 is 11.3 Å². The topological polar surface area (TPSA) is 84.3 Å². The number of ether oxygens (including phenoxy) is 1.